The summed E-state index contributed by atoms with van der Waals surface area (Å²) in [4.78, 5) is 0. The summed E-state index contributed by atoms with van der Waals surface area (Å²) in [6, 6.07) is 4.01. The number of nitrogens with one attached hydrogen (secondary N) is 1. The minimum atomic E-state index is 0.427. The maximum atomic E-state index is 10.2. The van der Waals surface area contributed by atoms with Gasteiger partial charge in [-0.3, -0.25) is 0 Å². The second-order valence-corrected chi connectivity index (χ2v) is 6.43. The highest BCUT2D eigenvalue weighted by Gasteiger charge is 2.17. The van der Waals surface area contributed by atoms with E-state index in [4.69, 9.17) is 0 Å². The number of phenols is 1. The molecular weight excluding hydrogens is 290 g/mol. The van der Waals surface area contributed by atoms with Crippen molar-refractivity contribution in [2.24, 2.45) is 5.92 Å². The van der Waals surface area contributed by atoms with Gasteiger partial charge in [0.2, 0.25) is 0 Å². The Bertz CT molecular complexity index is 411. The zero-order valence-corrected chi connectivity index (χ0v) is 12.8. The van der Waals surface area contributed by atoms with Gasteiger partial charge in [0.05, 0.1) is 0 Å². The van der Waals surface area contributed by atoms with Crippen LogP contribution in [0.4, 0.5) is 0 Å². The average molecular weight is 312 g/mol. The number of benzene rings is 1. The molecule has 0 aromatic heterocycles. The molecule has 3 heteroatoms. The van der Waals surface area contributed by atoms with Crippen LogP contribution in [0.15, 0.2) is 16.6 Å². The minimum absolute atomic E-state index is 0.427. The van der Waals surface area contributed by atoms with E-state index >= 15 is 0 Å². The Balaban J connectivity index is 2.15. The number of phenolic OH excluding ortho intramolecular Hbond substituents is 1. The van der Waals surface area contributed by atoms with Gasteiger partial charge in [-0.05, 0) is 67.4 Å². The van der Waals surface area contributed by atoms with E-state index in [1.807, 2.05) is 6.07 Å². The number of rotatable bonds is 3. The Labute approximate surface area is 118 Å². The van der Waals surface area contributed by atoms with Crippen molar-refractivity contribution in [2.45, 2.75) is 39.0 Å². The number of piperidine rings is 1. The van der Waals surface area contributed by atoms with Crippen LogP contribution in [0.2, 0.25) is 0 Å². The third kappa shape index (κ3) is 3.27. The number of halogens is 1. The van der Waals surface area contributed by atoms with Crippen molar-refractivity contribution < 1.29 is 5.11 Å². The van der Waals surface area contributed by atoms with E-state index in [0.29, 0.717) is 17.6 Å². The molecule has 1 atom stereocenters. The summed E-state index contributed by atoms with van der Waals surface area (Å²) >= 11 is 3.62. The van der Waals surface area contributed by atoms with Crippen molar-refractivity contribution in [1.82, 2.24) is 5.32 Å². The third-order valence-corrected chi connectivity index (χ3v) is 4.41. The predicted octanol–water partition coefficient (Wildman–Crippen LogP) is 3.82. The molecule has 1 aromatic carbocycles. The average Bonchev–Trinajstić information content (AvgIpc) is 2.34. The van der Waals surface area contributed by atoms with E-state index in [1.165, 1.54) is 18.4 Å². The minimum Gasteiger partial charge on any atom is -0.508 e. The van der Waals surface area contributed by atoms with Gasteiger partial charge in [-0.1, -0.05) is 29.8 Å². The lowest BCUT2D eigenvalue weighted by atomic mass is 9.90. The molecule has 18 heavy (non-hydrogen) atoms. The lowest BCUT2D eigenvalue weighted by molar-refractivity contribution is 0.369. The number of hydrogen-bond donors (Lipinski definition) is 2. The number of hydrogen-bond acceptors (Lipinski definition) is 2. The molecule has 0 saturated carbocycles. The van der Waals surface area contributed by atoms with Gasteiger partial charge < -0.3 is 10.4 Å². The Morgan fingerprint density at radius 2 is 2.22 bits per heavy atom. The summed E-state index contributed by atoms with van der Waals surface area (Å²) in [5.74, 6) is 1.53. The molecule has 0 bridgehead atoms. The molecule has 0 amide bonds. The molecule has 0 aliphatic carbocycles. The summed E-state index contributed by atoms with van der Waals surface area (Å²) in [5, 5.41) is 13.6. The van der Waals surface area contributed by atoms with E-state index < -0.39 is 0 Å². The van der Waals surface area contributed by atoms with Crippen molar-refractivity contribution in [3.63, 3.8) is 0 Å². The normalized spacial score (nSPS) is 20.3. The highest BCUT2D eigenvalue weighted by molar-refractivity contribution is 9.10. The molecule has 1 saturated heterocycles. The Morgan fingerprint density at radius 3 is 2.83 bits per heavy atom. The van der Waals surface area contributed by atoms with Crippen LogP contribution in [0.5, 0.6) is 5.75 Å². The van der Waals surface area contributed by atoms with Crippen molar-refractivity contribution in [3.05, 3.63) is 27.7 Å². The molecule has 2 rings (SSSR count). The zero-order chi connectivity index (χ0) is 13.1. The highest BCUT2D eigenvalue weighted by atomic mass is 79.9. The molecule has 2 nitrogen and oxygen atoms in total. The maximum Gasteiger partial charge on any atom is 0.119 e. The molecule has 100 valence electrons. The maximum absolute atomic E-state index is 10.2. The van der Waals surface area contributed by atoms with Gasteiger partial charge in [-0.25, -0.2) is 0 Å². The van der Waals surface area contributed by atoms with Crippen LogP contribution in [-0.2, 0) is 6.42 Å². The van der Waals surface area contributed by atoms with Crippen molar-refractivity contribution in [3.8, 4) is 5.75 Å². The van der Waals surface area contributed by atoms with Gasteiger partial charge in [0, 0.05) is 4.47 Å². The van der Waals surface area contributed by atoms with E-state index in [0.717, 1.165) is 29.5 Å². The molecule has 0 radical (unpaired) electrons. The van der Waals surface area contributed by atoms with Crippen LogP contribution in [0, 0.1) is 5.92 Å². The predicted molar refractivity (Wildman–Crippen MR) is 79.2 cm³/mol. The van der Waals surface area contributed by atoms with Crippen molar-refractivity contribution in [1.29, 1.82) is 0 Å². The summed E-state index contributed by atoms with van der Waals surface area (Å²) < 4.78 is 1.12. The topological polar surface area (TPSA) is 32.3 Å². The zero-order valence-electron chi connectivity index (χ0n) is 11.2. The van der Waals surface area contributed by atoms with Gasteiger partial charge in [-0.15, -0.1) is 0 Å². The van der Waals surface area contributed by atoms with Crippen LogP contribution < -0.4 is 5.32 Å². The molecule has 1 aliphatic rings. The Hall–Kier alpha value is -0.540. The van der Waals surface area contributed by atoms with Crippen molar-refractivity contribution >= 4 is 15.9 Å². The number of aromatic hydroxyl groups is 1. The van der Waals surface area contributed by atoms with Crippen LogP contribution in [0.3, 0.4) is 0 Å². The fourth-order valence-electron chi connectivity index (χ4n) is 2.63. The van der Waals surface area contributed by atoms with Gasteiger partial charge in [0.25, 0.3) is 0 Å². The second kappa shape index (κ2) is 6.07. The molecule has 1 aliphatic heterocycles. The van der Waals surface area contributed by atoms with Crippen LogP contribution >= 0.6 is 15.9 Å². The first-order chi connectivity index (χ1) is 8.58. The quantitative estimate of drug-likeness (QED) is 0.889. The summed E-state index contributed by atoms with van der Waals surface area (Å²) in [5.41, 5.74) is 2.25. The standard InChI is InChI=1S/C15H22BrNO/c1-10(2)13-8-15(18)12(7-14(13)16)6-11-4-3-5-17-9-11/h7-8,10-11,17-18H,3-6,9H2,1-2H3. The fourth-order valence-corrected chi connectivity index (χ4v) is 3.48. The van der Waals surface area contributed by atoms with E-state index in [2.05, 4.69) is 41.2 Å². The lowest BCUT2D eigenvalue weighted by Gasteiger charge is -2.23. The monoisotopic (exact) mass is 311 g/mol. The molecule has 1 fully saturated rings. The van der Waals surface area contributed by atoms with E-state index in [9.17, 15) is 5.11 Å². The Kier molecular flexibility index (Phi) is 4.68. The summed E-state index contributed by atoms with van der Waals surface area (Å²) in [6.45, 7) is 6.50. The first-order valence-electron chi connectivity index (χ1n) is 6.80. The van der Waals surface area contributed by atoms with Gasteiger partial charge in [0.15, 0.2) is 0 Å². The summed E-state index contributed by atoms with van der Waals surface area (Å²) in [7, 11) is 0. The third-order valence-electron chi connectivity index (χ3n) is 3.73. The van der Waals surface area contributed by atoms with Gasteiger partial charge in [0.1, 0.15) is 5.75 Å². The van der Waals surface area contributed by atoms with Gasteiger partial charge >= 0.3 is 0 Å². The first-order valence-corrected chi connectivity index (χ1v) is 7.59. The SMILES string of the molecule is CC(C)c1cc(O)c(CC2CCCNC2)cc1Br. The second-order valence-electron chi connectivity index (χ2n) is 5.57. The molecule has 0 spiro atoms. The first kappa shape index (κ1) is 13.9. The molecule has 1 heterocycles. The largest absolute Gasteiger partial charge is 0.508 e. The summed E-state index contributed by atoms with van der Waals surface area (Å²) in [6.07, 6.45) is 3.47. The van der Waals surface area contributed by atoms with Gasteiger partial charge in [-0.2, -0.15) is 0 Å². The smallest absolute Gasteiger partial charge is 0.119 e. The fraction of sp³-hybridized carbons (Fsp3) is 0.600. The van der Waals surface area contributed by atoms with Crippen LogP contribution in [-0.4, -0.2) is 18.2 Å². The molecular formula is C15H22BrNO. The molecule has 1 unspecified atom stereocenters. The van der Waals surface area contributed by atoms with Crippen LogP contribution in [0.1, 0.15) is 43.7 Å². The molecule has 2 N–H and O–H groups in total. The highest BCUT2D eigenvalue weighted by Crippen LogP contribution is 2.33. The molecule has 1 aromatic rings. The van der Waals surface area contributed by atoms with Crippen LogP contribution in [0.25, 0.3) is 0 Å². The Morgan fingerprint density at radius 1 is 1.44 bits per heavy atom. The van der Waals surface area contributed by atoms with E-state index in [1.54, 1.807) is 0 Å². The van der Waals surface area contributed by atoms with E-state index in [-0.39, 0.29) is 0 Å². The van der Waals surface area contributed by atoms with Crippen molar-refractivity contribution in [2.75, 3.05) is 13.1 Å². The lowest BCUT2D eigenvalue weighted by Crippen LogP contribution is -2.30.